The third-order valence-electron chi connectivity index (χ3n) is 3.13. The number of aromatic nitrogens is 2. The first-order valence-corrected chi connectivity index (χ1v) is 7.52. The Bertz CT molecular complexity index is 602. The Balaban J connectivity index is 1.58. The molecule has 7 heteroatoms. The zero-order chi connectivity index (χ0) is 13.9. The topological polar surface area (TPSA) is 59.1 Å². The molecule has 1 aliphatic carbocycles. The standard InChI is InChI=1S/C13H14N4OS2/c1-18-10-3-2-4-14-11(10)8-7-9(8)16-12(19)17-13-15-5-6-20-13/h2-6,8-9H,7H2,1H3,(H2,15,16,17,19). The molecule has 5 nitrogen and oxygen atoms in total. The van der Waals surface area contributed by atoms with Crippen molar-refractivity contribution < 1.29 is 4.74 Å². The molecule has 2 aromatic heterocycles. The number of thiocarbonyl (C=S) groups is 1. The van der Waals surface area contributed by atoms with Crippen LogP contribution in [-0.4, -0.2) is 28.2 Å². The number of hydrogen-bond donors (Lipinski definition) is 2. The number of thiazole rings is 1. The van der Waals surface area contributed by atoms with Gasteiger partial charge in [0.15, 0.2) is 10.2 Å². The van der Waals surface area contributed by atoms with Crippen LogP contribution in [0.5, 0.6) is 5.75 Å². The Morgan fingerprint density at radius 3 is 3.10 bits per heavy atom. The number of ether oxygens (including phenoxy) is 1. The highest BCUT2D eigenvalue weighted by Crippen LogP contribution is 2.43. The van der Waals surface area contributed by atoms with Crippen molar-refractivity contribution in [2.45, 2.75) is 18.4 Å². The number of anilines is 1. The fourth-order valence-corrected chi connectivity index (χ4v) is 2.94. The van der Waals surface area contributed by atoms with Crippen LogP contribution >= 0.6 is 23.6 Å². The van der Waals surface area contributed by atoms with Gasteiger partial charge in [0.1, 0.15) is 5.75 Å². The van der Waals surface area contributed by atoms with Gasteiger partial charge in [-0.3, -0.25) is 4.98 Å². The first-order valence-electron chi connectivity index (χ1n) is 6.24. The van der Waals surface area contributed by atoms with Crippen LogP contribution in [0.15, 0.2) is 29.9 Å². The minimum Gasteiger partial charge on any atom is -0.495 e. The Morgan fingerprint density at radius 1 is 1.45 bits per heavy atom. The van der Waals surface area contributed by atoms with Crippen LogP contribution in [0.1, 0.15) is 18.0 Å². The molecule has 2 aromatic rings. The van der Waals surface area contributed by atoms with Crippen LogP contribution in [0.2, 0.25) is 0 Å². The lowest BCUT2D eigenvalue weighted by Crippen LogP contribution is -2.31. The highest BCUT2D eigenvalue weighted by atomic mass is 32.1. The Kier molecular flexibility index (Phi) is 3.79. The maximum absolute atomic E-state index is 5.34. The zero-order valence-electron chi connectivity index (χ0n) is 10.9. The van der Waals surface area contributed by atoms with E-state index in [1.165, 1.54) is 11.3 Å². The summed E-state index contributed by atoms with van der Waals surface area (Å²) in [4.78, 5) is 8.54. The summed E-state index contributed by atoms with van der Waals surface area (Å²) in [6.07, 6.45) is 4.54. The molecule has 20 heavy (non-hydrogen) atoms. The molecule has 2 unspecified atom stereocenters. The number of nitrogens with zero attached hydrogens (tertiary/aromatic N) is 2. The van der Waals surface area contributed by atoms with Crippen LogP contribution in [0.3, 0.4) is 0 Å². The van der Waals surface area contributed by atoms with Crippen LogP contribution in [0.4, 0.5) is 5.13 Å². The van der Waals surface area contributed by atoms with Gasteiger partial charge in [0.05, 0.1) is 12.8 Å². The van der Waals surface area contributed by atoms with Crippen molar-refractivity contribution in [3.63, 3.8) is 0 Å². The van der Waals surface area contributed by atoms with Gasteiger partial charge < -0.3 is 15.4 Å². The molecule has 2 heterocycles. The van der Waals surface area contributed by atoms with Gasteiger partial charge in [0.25, 0.3) is 0 Å². The normalized spacial score (nSPS) is 20.2. The van der Waals surface area contributed by atoms with Gasteiger partial charge in [-0.25, -0.2) is 4.98 Å². The molecule has 2 atom stereocenters. The van der Waals surface area contributed by atoms with Crippen molar-refractivity contribution in [1.82, 2.24) is 15.3 Å². The SMILES string of the molecule is COc1cccnc1C1CC1NC(=S)Nc1nccs1. The summed E-state index contributed by atoms with van der Waals surface area (Å²) in [6, 6.07) is 4.12. The van der Waals surface area contributed by atoms with Crippen LogP contribution in [0.25, 0.3) is 0 Å². The molecule has 0 bridgehead atoms. The van der Waals surface area contributed by atoms with Crippen LogP contribution < -0.4 is 15.4 Å². The molecular formula is C13H14N4OS2. The Hall–Kier alpha value is -1.73. The van der Waals surface area contributed by atoms with E-state index in [9.17, 15) is 0 Å². The first kappa shape index (κ1) is 13.3. The largest absolute Gasteiger partial charge is 0.495 e. The minimum absolute atomic E-state index is 0.304. The second-order valence-electron chi connectivity index (χ2n) is 4.48. The van der Waals surface area contributed by atoms with Crippen molar-refractivity contribution in [1.29, 1.82) is 0 Å². The molecule has 0 aromatic carbocycles. The summed E-state index contributed by atoms with van der Waals surface area (Å²) in [5.41, 5.74) is 0.990. The highest BCUT2D eigenvalue weighted by molar-refractivity contribution is 7.80. The first-order chi connectivity index (χ1) is 9.78. The summed E-state index contributed by atoms with van der Waals surface area (Å²) in [6.45, 7) is 0. The molecule has 0 radical (unpaired) electrons. The monoisotopic (exact) mass is 306 g/mol. The lowest BCUT2D eigenvalue weighted by molar-refractivity contribution is 0.406. The summed E-state index contributed by atoms with van der Waals surface area (Å²) in [5.74, 6) is 1.18. The van der Waals surface area contributed by atoms with Crippen molar-refractivity contribution in [2.75, 3.05) is 12.4 Å². The fraction of sp³-hybridized carbons (Fsp3) is 0.308. The maximum atomic E-state index is 5.34. The van der Waals surface area contributed by atoms with Crippen molar-refractivity contribution in [3.8, 4) is 5.75 Å². The van der Waals surface area contributed by atoms with E-state index in [-0.39, 0.29) is 0 Å². The van der Waals surface area contributed by atoms with Crippen molar-refractivity contribution >= 4 is 33.8 Å². The molecule has 0 aliphatic heterocycles. The predicted molar refractivity (Wildman–Crippen MR) is 83.4 cm³/mol. The van der Waals surface area contributed by atoms with Gasteiger partial charge in [-0.2, -0.15) is 0 Å². The lowest BCUT2D eigenvalue weighted by atomic mass is 10.2. The number of nitrogens with one attached hydrogen (secondary N) is 2. The van der Waals surface area contributed by atoms with Gasteiger partial charge in [-0.15, -0.1) is 11.3 Å². The van der Waals surface area contributed by atoms with E-state index < -0.39 is 0 Å². The molecule has 2 N–H and O–H groups in total. The van der Waals surface area contributed by atoms with E-state index >= 15 is 0 Å². The zero-order valence-corrected chi connectivity index (χ0v) is 12.5. The number of pyridine rings is 1. The second-order valence-corrected chi connectivity index (χ2v) is 5.78. The third-order valence-corrected chi connectivity index (χ3v) is 4.04. The van der Waals surface area contributed by atoms with E-state index in [1.54, 1.807) is 19.5 Å². The van der Waals surface area contributed by atoms with Crippen molar-refractivity contribution in [2.24, 2.45) is 0 Å². The Morgan fingerprint density at radius 2 is 2.35 bits per heavy atom. The van der Waals surface area contributed by atoms with Crippen molar-refractivity contribution in [3.05, 3.63) is 35.6 Å². The summed E-state index contributed by atoms with van der Waals surface area (Å²) in [5, 5.41) is 9.66. The second kappa shape index (κ2) is 5.72. The molecule has 3 rings (SSSR count). The quantitative estimate of drug-likeness (QED) is 0.846. The maximum Gasteiger partial charge on any atom is 0.188 e. The molecule has 1 aliphatic rings. The molecular weight excluding hydrogens is 292 g/mol. The van der Waals surface area contributed by atoms with E-state index in [4.69, 9.17) is 17.0 Å². The summed E-state index contributed by atoms with van der Waals surface area (Å²) < 4.78 is 5.34. The fourth-order valence-electron chi connectivity index (χ4n) is 2.10. The highest BCUT2D eigenvalue weighted by Gasteiger charge is 2.41. The van der Waals surface area contributed by atoms with Crippen LogP contribution in [-0.2, 0) is 0 Å². The van der Waals surface area contributed by atoms with E-state index in [0.29, 0.717) is 17.1 Å². The number of hydrogen-bond acceptors (Lipinski definition) is 5. The van der Waals surface area contributed by atoms with E-state index in [0.717, 1.165) is 23.0 Å². The molecule has 1 saturated carbocycles. The van der Waals surface area contributed by atoms with Gasteiger partial charge in [-0.1, -0.05) is 0 Å². The summed E-state index contributed by atoms with van der Waals surface area (Å²) >= 11 is 6.80. The lowest BCUT2D eigenvalue weighted by Gasteiger charge is -2.09. The van der Waals surface area contributed by atoms with Gasteiger partial charge in [-0.05, 0) is 30.8 Å². The molecule has 0 spiro atoms. The van der Waals surface area contributed by atoms with Crippen LogP contribution in [0, 0.1) is 0 Å². The third kappa shape index (κ3) is 2.88. The summed E-state index contributed by atoms with van der Waals surface area (Å²) in [7, 11) is 1.67. The Labute approximate surface area is 126 Å². The predicted octanol–water partition coefficient (Wildman–Crippen LogP) is 2.39. The molecule has 0 amide bonds. The van der Waals surface area contributed by atoms with E-state index in [2.05, 4.69) is 20.6 Å². The minimum atomic E-state index is 0.304. The van der Waals surface area contributed by atoms with E-state index in [1.807, 2.05) is 17.5 Å². The smallest absolute Gasteiger partial charge is 0.188 e. The van der Waals surface area contributed by atoms with Gasteiger partial charge >= 0.3 is 0 Å². The molecule has 104 valence electrons. The number of rotatable bonds is 4. The number of methoxy groups -OCH3 is 1. The van der Waals surface area contributed by atoms with Gasteiger partial charge in [0, 0.05) is 29.7 Å². The average Bonchev–Trinajstić information content (AvgIpc) is 3.01. The molecule has 1 fully saturated rings. The van der Waals surface area contributed by atoms with Gasteiger partial charge in [0.2, 0.25) is 0 Å². The average molecular weight is 306 g/mol. The molecule has 0 saturated heterocycles.